The van der Waals surface area contributed by atoms with Gasteiger partial charge in [0.05, 0.1) is 23.3 Å². The van der Waals surface area contributed by atoms with E-state index in [1.165, 1.54) is 6.08 Å². The Morgan fingerprint density at radius 3 is 2.76 bits per heavy atom. The van der Waals surface area contributed by atoms with Gasteiger partial charge in [-0.2, -0.15) is 0 Å². The Morgan fingerprint density at radius 1 is 1.15 bits per heavy atom. The first-order valence-corrected chi connectivity index (χ1v) is 11.5. The number of ether oxygens (including phenoxy) is 1. The molecule has 0 unspecified atom stereocenters. The van der Waals surface area contributed by atoms with Gasteiger partial charge in [0.1, 0.15) is 18.1 Å². The van der Waals surface area contributed by atoms with Crippen molar-refractivity contribution in [2.75, 3.05) is 29.9 Å². The molecule has 3 amide bonds. The van der Waals surface area contributed by atoms with Gasteiger partial charge in [-0.25, -0.2) is 0 Å². The molecule has 3 heterocycles. The van der Waals surface area contributed by atoms with E-state index in [1.807, 2.05) is 18.2 Å². The molecule has 2 aromatic carbocycles. The molecule has 0 saturated heterocycles. The third-order valence-electron chi connectivity index (χ3n) is 7.16. The van der Waals surface area contributed by atoms with Crippen LogP contribution in [0.2, 0.25) is 0 Å². The van der Waals surface area contributed by atoms with Crippen molar-refractivity contribution in [3.8, 4) is 5.75 Å². The first-order chi connectivity index (χ1) is 16.5. The zero-order valence-corrected chi connectivity index (χ0v) is 18.6. The van der Waals surface area contributed by atoms with Crippen molar-refractivity contribution in [1.29, 1.82) is 0 Å². The van der Waals surface area contributed by atoms with Crippen LogP contribution in [0.1, 0.15) is 40.1 Å². The largest absolute Gasteiger partial charge is 0.490 e. The highest BCUT2D eigenvalue weighted by molar-refractivity contribution is 6.08. The van der Waals surface area contributed by atoms with E-state index in [0.717, 1.165) is 30.2 Å². The van der Waals surface area contributed by atoms with Crippen molar-refractivity contribution in [2.24, 2.45) is 0 Å². The third kappa shape index (κ3) is 3.02. The number of hydrogen-bond acceptors (Lipinski definition) is 4. The summed E-state index contributed by atoms with van der Waals surface area (Å²) in [6, 6.07) is 12.7. The van der Waals surface area contributed by atoms with Crippen molar-refractivity contribution in [2.45, 2.75) is 24.8 Å². The number of nitrogens with zero attached hydrogens (tertiary/aromatic N) is 2. The number of nitrogens with one attached hydrogen (secondary N) is 2. The Labute approximate surface area is 196 Å². The zero-order valence-electron chi connectivity index (χ0n) is 18.6. The van der Waals surface area contributed by atoms with Crippen LogP contribution in [-0.2, 0) is 10.3 Å². The van der Waals surface area contributed by atoms with Gasteiger partial charge in [0.2, 0.25) is 0 Å². The van der Waals surface area contributed by atoms with Crippen LogP contribution in [0.4, 0.5) is 11.4 Å². The Balaban J connectivity index is 1.33. The molecule has 8 heteroatoms. The number of carbonyl (C=O) groups is 3. The molecule has 172 valence electrons. The molecule has 0 radical (unpaired) electrons. The third-order valence-corrected chi connectivity index (χ3v) is 7.16. The number of hydrogen-bond donors (Lipinski definition) is 2. The zero-order chi connectivity index (χ0) is 23.4. The van der Waals surface area contributed by atoms with Crippen LogP contribution < -0.4 is 20.3 Å². The number of anilines is 2. The lowest BCUT2D eigenvalue weighted by Crippen LogP contribution is -2.55. The fraction of sp³-hybridized carbons (Fsp3) is 0.269. The number of fused-ring (bicyclic) bond motifs is 5. The van der Waals surface area contributed by atoms with E-state index in [4.69, 9.17) is 4.74 Å². The van der Waals surface area contributed by atoms with Crippen molar-refractivity contribution in [3.05, 3.63) is 66.4 Å². The SMILES string of the molecule is C=CC(=O)N1CCOc2ccc(NC(=O)c3ccc4cc5n(c4c3)C3(CCC3)CNC5=O)cc21. The highest BCUT2D eigenvalue weighted by Crippen LogP contribution is 2.44. The van der Waals surface area contributed by atoms with Gasteiger partial charge >= 0.3 is 0 Å². The first kappa shape index (κ1) is 20.5. The minimum Gasteiger partial charge on any atom is -0.490 e. The molecular weight excluding hydrogens is 432 g/mol. The lowest BCUT2D eigenvalue weighted by atomic mass is 9.75. The maximum absolute atomic E-state index is 13.2. The Morgan fingerprint density at radius 2 is 2.00 bits per heavy atom. The highest BCUT2D eigenvalue weighted by Gasteiger charge is 2.44. The summed E-state index contributed by atoms with van der Waals surface area (Å²) in [6.07, 6.45) is 4.42. The fourth-order valence-electron chi connectivity index (χ4n) is 5.26. The normalized spacial score (nSPS) is 17.8. The molecule has 2 aliphatic heterocycles. The molecule has 1 aromatic heterocycles. The van der Waals surface area contributed by atoms with E-state index >= 15 is 0 Å². The Hall–Kier alpha value is -4.07. The van der Waals surface area contributed by atoms with Gasteiger partial charge < -0.3 is 24.8 Å². The molecule has 1 saturated carbocycles. The Bertz CT molecular complexity index is 1380. The Kier molecular flexibility index (Phi) is 4.52. The van der Waals surface area contributed by atoms with Gasteiger partial charge in [0.15, 0.2) is 0 Å². The number of carbonyl (C=O) groups excluding carboxylic acids is 3. The molecule has 8 nitrogen and oxygen atoms in total. The van der Waals surface area contributed by atoms with Crippen molar-refractivity contribution in [3.63, 3.8) is 0 Å². The summed E-state index contributed by atoms with van der Waals surface area (Å²) in [5, 5.41) is 6.90. The summed E-state index contributed by atoms with van der Waals surface area (Å²) < 4.78 is 7.79. The predicted molar refractivity (Wildman–Crippen MR) is 129 cm³/mol. The summed E-state index contributed by atoms with van der Waals surface area (Å²) in [7, 11) is 0. The molecule has 6 rings (SSSR count). The maximum Gasteiger partial charge on any atom is 0.268 e. The van der Waals surface area contributed by atoms with Gasteiger partial charge in [0, 0.05) is 23.2 Å². The highest BCUT2D eigenvalue weighted by atomic mass is 16.5. The number of aromatic nitrogens is 1. The van der Waals surface area contributed by atoms with E-state index in [2.05, 4.69) is 21.8 Å². The van der Waals surface area contributed by atoms with E-state index in [9.17, 15) is 14.4 Å². The molecule has 3 aromatic rings. The number of rotatable bonds is 3. The quantitative estimate of drug-likeness (QED) is 0.591. The first-order valence-electron chi connectivity index (χ1n) is 11.5. The minimum atomic E-state index is -0.265. The fourth-order valence-corrected chi connectivity index (χ4v) is 5.26. The molecule has 1 aliphatic carbocycles. The van der Waals surface area contributed by atoms with Crippen LogP contribution in [0, 0.1) is 0 Å². The van der Waals surface area contributed by atoms with E-state index in [0.29, 0.717) is 48.1 Å². The van der Waals surface area contributed by atoms with Gasteiger partial charge in [-0.3, -0.25) is 14.4 Å². The van der Waals surface area contributed by atoms with Gasteiger partial charge in [0.25, 0.3) is 17.7 Å². The molecular formula is C26H24N4O4. The number of amides is 3. The van der Waals surface area contributed by atoms with Crippen LogP contribution in [-0.4, -0.2) is 42.0 Å². The average molecular weight is 457 g/mol. The van der Waals surface area contributed by atoms with Gasteiger partial charge in [-0.1, -0.05) is 12.6 Å². The predicted octanol–water partition coefficient (Wildman–Crippen LogP) is 3.43. The van der Waals surface area contributed by atoms with Crippen LogP contribution in [0.3, 0.4) is 0 Å². The maximum atomic E-state index is 13.2. The molecule has 2 N–H and O–H groups in total. The van der Waals surface area contributed by atoms with Crippen LogP contribution >= 0.6 is 0 Å². The summed E-state index contributed by atoms with van der Waals surface area (Å²) >= 11 is 0. The van der Waals surface area contributed by atoms with Crippen LogP contribution in [0.25, 0.3) is 10.9 Å². The van der Waals surface area contributed by atoms with Crippen molar-refractivity contribution >= 4 is 40.0 Å². The summed E-state index contributed by atoms with van der Waals surface area (Å²) in [5.74, 6) is 0.0310. The lowest BCUT2D eigenvalue weighted by Gasteiger charge is -2.47. The molecule has 3 aliphatic rings. The standard InChI is InChI=1S/C26H24N4O4/c1-2-23(31)29-10-11-34-22-7-6-18(14-20(22)29)28-24(32)17-5-4-16-12-21-25(33)27-15-26(8-3-9-26)30(21)19(16)13-17/h2,4-7,12-14H,1,3,8-11,15H2,(H,27,33)(H,28,32). The molecule has 1 fully saturated rings. The van der Waals surface area contributed by atoms with Crippen molar-refractivity contribution < 1.29 is 19.1 Å². The average Bonchev–Trinajstić information content (AvgIpc) is 3.22. The number of benzene rings is 2. The van der Waals surface area contributed by atoms with Crippen molar-refractivity contribution in [1.82, 2.24) is 9.88 Å². The topological polar surface area (TPSA) is 92.7 Å². The second-order valence-electron chi connectivity index (χ2n) is 9.08. The molecule has 34 heavy (non-hydrogen) atoms. The molecule has 1 spiro atoms. The monoisotopic (exact) mass is 456 g/mol. The summed E-state index contributed by atoms with van der Waals surface area (Å²) in [5.41, 5.74) is 3.12. The molecule has 0 bridgehead atoms. The minimum absolute atomic E-state index is 0.0744. The summed E-state index contributed by atoms with van der Waals surface area (Å²) in [6.45, 7) is 5.01. The van der Waals surface area contributed by atoms with E-state index in [1.54, 1.807) is 29.2 Å². The lowest BCUT2D eigenvalue weighted by molar-refractivity contribution is -0.114. The van der Waals surface area contributed by atoms with Gasteiger partial charge in [-0.05, 0) is 61.7 Å². The van der Waals surface area contributed by atoms with E-state index in [-0.39, 0.29) is 23.3 Å². The molecule has 0 atom stereocenters. The smallest absolute Gasteiger partial charge is 0.268 e. The van der Waals surface area contributed by atoms with E-state index < -0.39 is 0 Å². The summed E-state index contributed by atoms with van der Waals surface area (Å²) in [4.78, 5) is 39.5. The second-order valence-corrected chi connectivity index (χ2v) is 9.08. The van der Waals surface area contributed by atoms with Gasteiger partial charge in [-0.15, -0.1) is 0 Å². The van der Waals surface area contributed by atoms with Crippen LogP contribution in [0.15, 0.2) is 55.1 Å². The second kappa shape index (κ2) is 7.48. The van der Waals surface area contributed by atoms with Crippen LogP contribution in [0.5, 0.6) is 5.75 Å².